The van der Waals surface area contributed by atoms with Crippen LogP contribution in [0.25, 0.3) is 6.08 Å². The quantitative estimate of drug-likeness (QED) is 0.548. The van der Waals surface area contributed by atoms with Crippen LogP contribution in [0.4, 0.5) is 10.5 Å². The average Bonchev–Trinajstić information content (AvgIpc) is 2.97. The van der Waals surface area contributed by atoms with E-state index in [0.29, 0.717) is 16.3 Å². The van der Waals surface area contributed by atoms with E-state index in [4.69, 9.17) is 4.74 Å². The fraction of sp³-hybridized carbons (Fsp3) is 0.136. The minimum atomic E-state index is -0.326. The molecule has 1 N–H and O–H groups in total. The van der Waals surface area contributed by atoms with Gasteiger partial charge in [-0.05, 0) is 54.6 Å². The first-order valence-corrected chi connectivity index (χ1v) is 9.73. The first-order chi connectivity index (χ1) is 14.0. The monoisotopic (exact) mass is 408 g/mol. The molecule has 0 saturated carbocycles. The van der Waals surface area contributed by atoms with Gasteiger partial charge in [-0.25, -0.2) is 0 Å². The maximum absolute atomic E-state index is 12.2. The van der Waals surface area contributed by atoms with E-state index < -0.39 is 0 Å². The Hall–Kier alpha value is -3.32. The molecule has 0 bridgehead atoms. The highest BCUT2D eigenvalue weighted by Gasteiger charge is 2.33. The van der Waals surface area contributed by atoms with Crippen LogP contribution in [0.3, 0.4) is 0 Å². The number of imide groups is 1. The number of aryl methyl sites for hydroxylation is 1. The molecule has 3 rings (SSSR count). The molecule has 148 valence electrons. The number of rotatable bonds is 7. The molecule has 3 amide bonds. The summed E-state index contributed by atoms with van der Waals surface area (Å²) in [4.78, 5) is 37.6. The first-order valence-electron chi connectivity index (χ1n) is 8.92. The van der Waals surface area contributed by atoms with E-state index >= 15 is 0 Å². The highest BCUT2D eigenvalue weighted by atomic mass is 32.2. The van der Waals surface area contributed by atoms with Crippen LogP contribution < -0.4 is 10.1 Å². The molecular weight excluding hydrogens is 388 g/mol. The van der Waals surface area contributed by atoms with Crippen molar-refractivity contribution in [2.45, 2.75) is 6.92 Å². The largest absolute Gasteiger partial charge is 0.484 e. The number of thioether (sulfide) groups is 1. The second-order valence-corrected chi connectivity index (χ2v) is 7.35. The summed E-state index contributed by atoms with van der Waals surface area (Å²) < 4.78 is 5.50. The van der Waals surface area contributed by atoms with Gasteiger partial charge in [0.05, 0.1) is 4.91 Å². The third-order valence-corrected chi connectivity index (χ3v) is 4.98. The van der Waals surface area contributed by atoms with Crippen LogP contribution in [0.5, 0.6) is 5.75 Å². The summed E-state index contributed by atoms with van der Waals surface area (Å²) in [5, 5.41) is 2.46. The van der Waals surface area contributed by atoms with E-state index in [0.717, 1.165) is 27.8 Å². The predicted molar refractivity (Wildman–Crippen MR) is 115 cm³/mol. The molecule has 0 spiro atoms. The van der Waals surface area contributed by atoms with E-state index in [2.05, 4.69) is 11.9 Å². The van der Waals surface area contributed by atoms with Crippen molar-refractivity contribution in [3.8, 4) is 5.75 Å². The van der Waals surface area contributed by atoms with Gasteiger partial charge < -0.3 is 10.1 Å². The molecule has 1 fully saturated rings. The fourth-order valence-corrected chi connectivity index (χ4v) is 3.43. The van der Waals surface area contributed by atoms with Crippen molar-refractivity contribution in [1.82, 2.24) is 4.90 Å². The van der Waals surface area contributed by atoms with E-state index in [1.54, 1.807) is 30.3 Å². The maximum Gasteiger partial charge on any atom is 0.293 e. The molecule has 0 radical (unpaired) electrons. The van der Waals surface area contributed by atoms with Crippen LogP contribution in [-0.2, 0) is 9.59 Å². The lowest BCUT2D eigenvalue weighted by molar-refractivity contribution is -0.122. The minimum Gasteiger partial charge on any atom is -0.484 e. The van der Waals surface area contributed by atoms with Crippen LogP contribution in [0.2, 0.25) is 0 Å². The second kappa shape index (κ2) is 9.25. The summed E-state index contributed by atoms with van der Waals surface area (Å²) in [6.45, 7) is 5.60. The van der Waals surface area contributed by atoms with Crippen molar-refractivity contribution in [2.75, 3.05) is 18.5 Å². The smallest absolute Gasteiger partial charge is 0.293 e. The van der Waals surface area contributed by atoms with Gasteiger partial charge in [0.2, 0.25) is 0 Å². The van der Waals surface area contributed by atoms with Gasteiger partial charge in [0.25, 0.3) is 17.1 Å². The summed E-state index contributed by atoms with van der Waals surface area (Å²) in [7, 11) is 0. The van der Waals surface area contributed by atoms with Gasteiger partial charge in [-0.15, -0.1) is 6.58 Å². The first kappa shape index (κ1) is 20.4. The molecule has 0 atom stereocenters. The molecular formula is C22H20N2O4S. The van der Waals surface area contributed by atoms with Gasteiger partial charge in [-0.1, -0.05) is 35.9 Å². The Kier molecular flexibility index (Phi) is 6.51. The molecule has 2 aromatic carbocycles. The van der Waals surface area contributed by atoms with Gasteiger partial charge >= 0.3 is 0 Å². The average molecular weight is 408 g/mol. The van der Waals surface area contributed by atoms with Gasteiger partial charge in [0.15, 0.2) is 6.61 Å². The number of anilines is 1. The van der Waals surface area contributed by atoms with Crippen molar-refractivity contribution in [1.29, 1.82) is 0 Å². The molecule has 1 heterocycles. The molecule has 0 unspecified atom stereocenters. The fourth-order valence-electron chi connectivity index (χ4n) is 2.58. The molecule has 2 aromatic rings. The Morgan fingerprint density at radius 3 is 2.48 bits per heavy atom. The Morgan fingerprint density at radius 1 is 1.14 bits per heavy atom. The molecule has 0 aromatic heterocycles. The molecule has 1 aliphatic heterocycles. The standard InChI is InChI=1S/C22H20N2O4S/c1-3-12-24-21(26)19(29-22(24)27)13-16-6-10-18(11-7-16)28-14-20(25)23-17-8-4-15(2)5-9-17/h3-11,13H,1,12,14H2,2H3,(H,23,25). The second-order valence-electron chi connectivity index (χ2n) is 6.35. The Morgan fingerprint density at radius 2 is 1.83 bits per heavy atom. The van der Waals surface area contributed by atoms with Crippen molar-refractivity contribution in [2.24, 2.45) is 0 Å². The molecule has 0 aliphatic carbocycles. The lowest BCUT2D eigenvalue weighted by atomic mass is 10.2. The molecule has 29 heavy (non-hydrogen) atoms. The highest BCUT2D eigenvalue weighted by Crippen LogP contribution is 2.32. The molecule has 1 aliphatic rings. The topological polar surface area (TPSA) is 75.7 Å². The Bertz CT molecular complexity index is 965. The van der Waals surface area contributed by atoms with Crippen LogP contribution in [0.1, 0.15) is 11.1 Å². The highest BCUT2D eigenvalue weighted by molar-refractivity contribution is 8.18. The third-order valence-electron chi connectivity index (χ3n) is 4.07. The third kappa shape index (κ3) is 5.36. The van der Waals surface area contributed by atoms with Crippen LogP contribution in [-0.4, -0.2) is 35.1 Å². The number of hydrogen-bond acceptors (Lipinski definition) is 5. The summed E-state index contributed by atoms with van der Waals surface area (Å²) in [5.74, 6) is -0.0530. The molecule has 6 nitrogen and oxygen atoms in total. The van der Waals surface area contributed by atoms with Crippen molar-refractivity contribution >= 4 is 40.6 Å². The number of ether oxygens (including phenoxy) is 1. The van der Waals surface area contributed by atoms with Gasteiger partial charge in [-0.3, -0.25) is 19.3 Å². The number of hydrogen-bond donors (Lipinski definition) is 1. The van der Waals surface area contributed by atoms with E-state index in [-0.39, 0.29) is 30.2 Å². The summed E-state index contributed by atoms with van der Waals surface area (Å²) in [6, 6.07) is 14.4. The molecule has 7 heteroatoms. The lowest BCUT2D eigenvalue weighted by Crippen LogP contribution is -2.27. The van der Waals surface area contributed by atoms with Gasteiger partial charge in [-0.2, -0.15) is 0 Å². The van der Waals surface area contributed by atoms with Crippen molar-refractivity contribution in [3.63, 3.8) is 0 Å². The SMILES string of the molecule is C=CCN1C(=O)SC(=Cc2ccc(OCC(=O)Nc3ccc(C)cc3)cc2)C1=O. The van der Waals surface area contributed by atoms with E-state index in [1.807, 2.05) is 31.2 Å². The van der Waals surface area contributed by atoms with Gasteiger partial charge in [0.1, 0.15) is 5.75 Å². The Balaban J connectivity index is 1.55. The van der Waals surface area contributed by atoms with Gasteiger partial charge in [0, 0.05) is 12.2 Å². The number of amides is 3. The van der Waals surface area contributed by atoms with Crippen molar-refractivity contribution < 1.29 is 19.1 Å². The number of nitrogens with zero attached hydrogens (tertiary/aromatic N) is 1. The minimum absolute atomic E-state index is 0.117. The zero-order valence-corrected chi connectivity index (χ0v) is 16.7. The predicted octanol–water partition coefficient (Wildman–Crippen LogP) is 4.23. The maximum atomic E-state index is 12.2. The lowest BCUT2D eigenvalue weighted by Gasteiger charge is -2.08. The van der Waals surface area contributed by atoms with Crippen LogP contribution in [0, 0.1) is 6.92 Å². The molecule has 1 saturated heterocycles. The number of carbonyl (C=O) groups is 3. The zero-order chi connectivity index (χ0) is 20.8. The van der Waals surface area contributed by atoms with Crippen LogP contribution in [0.15, 0.2) is 66.1 Å². The van der Waals surface area contributed by atoms with E-state index in [9.17, 15) is 14.4 Å². The summed E-state index contributed by atoms with van der Waals surface area (Å²) >= 11 is 0.903. The number of nitrogens with one attached hydrogen (secondary N) is 1. The zero-order valence-electron chi connectivity index (χ0n) is 15.9. The normalized spacial score (nSPS) is 14.9. The summed E-state index contributed by atoms with van der Waals surface area (Å²) in [6.07, 6.45) is 3.17. The van der Waals surface area contributed by atoms with E-state index in [1.165, 1.54) is 6.08 Å². The number of benzene rings is 2. The Labute approximate surface area is 173 Å². The van der Waals surface area contributed by atoms with Crippen molar-refractivity contribution in [3.05, 3.63) is 77.2 Å². The van der Waals surface area contributed by atoms with Crippen LogP contribution >= 0.6 is 11.8 Å². The summed E-state index contributed by atoms with van der Waals surface area (Å²) in [5.41, 5.74) is 2.58. The number of carbonyl (C=O) groups excluding carboxylic acids is 3.